The van der Waals surface area contributed by atoms with E-state index >= 15 is 0 Å². The zero-order valence-electron chi connectivity index (χ0n) is 9.22. The molecule has 0 spiro atoms. The summed E-state index contributed by atoms with van der Waals surface area (Å²) >= 11 is 3.20. The Morgan fingerprint density at radius 3 is 2.56 bits per heavy atom. The third-order valence-corrected chi connectivity index (χ3v) is 2.74. The fraction of sp³-hybridized carbons (Fsp3) is 0.455. The minimum atomic E-state index is -4.09. The van der Waals surface area contributed by atoms with E-state index in [0.717, 1.165) is 4.47 Å². The van der Waals surface area contributed by atoms with Crippen molar-refractivity contribution in [3.63, 3.8) is 0 Å². The van der Waals surface area contributed by atoms with Crippen LogP contribution in [0.25, 0.3) is 0 Å². The van der Waals surface area contributed by atoms with Crippen molar-refractivity contribution < 1.29 is 22.7 Å². The number of rotatable bonds is 6. The summed E-state index contributed by atoms with van der Waals surface area (Å²) in [6, 6.07) is 6.66. The number of nitrogens with one attached hydrogen (secondary N) is 1. The van der Waals surface area contributed by atoms with Crippen LogP contribution in [0.4, 0.5) is 17.6 Å². The number of halogens is 5. The summed E-state index contributed by atoms with van der Waals surface area (Å²) in [6.45, 7) is -1.39. The van der Waals surface area contributed by atoms with E-state index in [1.807, 2.05) is 0 Å². The van der Waals surface area contributed by atoms with E-state index in [9.17, 15) is 22.7 Å². The molecule has 0 bridgehead atoms. The quantitative estimate of drug-likeness (QED) is 0.786. The van der Waals surface area contributed by atoms with E-state index in [1.54, 1.807) is 24.3 Å². The molecular weight excluding hydrogens is 318 g/mol. The molecule has 0 aromatic heterocycles. The molecule has 1 aromatic rings. The molecule has 0 saturated carbocycles. The van der Waals surface area contributed by atoms with Crippen LogP contribution in [0.2, 0.25) is 0 Å². The molecule has 2 nitrogen and oxygen atoms in total. The second kappa shape index (κ2) is 6.49. The van der Waals surface area contributed by atoms with Gasteiger partial charge in [0.15, 0.2) is 0 Å². The molecule has 102 valence electrons. The summed E-state index contributed by atoms with van der Waals surface area (Å²) < 4.78 is 49.6. The van der Waals surface area contributed by atoms with Gasteiger partial charge in [-0.05, 0) is 17.7 Å². The van der Waals surface area contributed by atoms with E-state index in [2.05, 4.69) is 21.2 Å². The van der Waals surface area contributed by atoms with Crippen LogP contribution in [-0.2, 0) is 0 Å². The molecule has 2 N–H and O–H groups in total. The maximum absolute atomic E-state index is 12.6. The molecule has 1 atom stereocenters. The van der Waals surface area contributed by atoms with Crippen LogP contribution >= 0.6 is 15.9 Å². The zero-order chi connectivity index (χ0) is 13.8. The lowest BCUT2D eigenvalue weighted by atomic mass is 10.1. The summed E-state index contributed by atoms with van der Waals surface area (Å²) in [5.41, 5.74) is 0.511. The molecule has 0 fully saturated rings. The predicted octanol–water partition coefficient (Wildman–Crippen LogP) is 2.97. The number of hydrogen-bond acceptors (Lipinski definition) is 2. The van der Waals surface area contributed by atoms with Gasteiger partial charge >= 0.3 is 12.3 Å². The van der Waals surface area contributed by atoms with Crippen LogP contribution < -0.4 is 5.32 Å². The molecule has 1 aromatic carbocycles. The van der Waals surface area contributed by atoms with Gasteiger partial charge in [0.05, 0.1) is 12.6 Å². The normalized spacial score (nSPS) is 13.9. The van der Waals surface area contributed by atoms with Crippen molar-refractivity contribution in [2.24, 2.45) is 0 Å². The van der Waals surface area contributed by atoms with E-state index in [-0.39, 0.29) is 6.54 Å². The van der Waals surface area contributed by atoms with Gasteiger partial charge in [-0.3, -0.25) is 0 Å². The van der Waals surface area contributed by atoms with Crippen molar-refractivity contribution in [1.82, 2.24) is 5.32 Å². The van der Waals surface area contributed by atoms with Gasteiger partial charge in [-0.2, -0.15) is 8.78 Å². The first-order valence-electron chi connectivity index (χ1n) is 5.13. The highest BCUT2D eigenvalue weighted by atomic mass is 79.9. The van der Waals surface area contributed by atoms with Crippen molar-refractivity contribution in [3.8, 4) is 0 Å². The average Bonchev–Trinajstić information content (AvgIpc) is 2.28. The van der Waals surface area contributed by atoms with Crippen LogP contribution in [0.5, 0.6) is 0 Å². The summed E-state index contributed by atoms with van der Waals surface area (Å²) in [5.74, 6) is -4.09. The molecule has 1 unspecified atom stereocenters. The second-order valence-corrected chi connectivity index (χ2v) is 4.68. The maximum Gasteiger partial charge on any atom is 0.319 e. The van der Waals surface area contributed by atoms with Crippen LogP contribution in [-0.4, -0.2) is 30.5 Å². The smallest absolute Gasteiger partial charge is 0.319 e. The molecule has 0 saturated heterocycles. The third kappa shape index (κ3) is 4.55. The Kier molecular flexibility index (Phi) is 5.55. The summed E-state index contributed by atoms with van der Waals surface area (Å²) in [7, 11) is 0. The summed E-state index contributed by atoms with van der Waals surface area (Å²) in [6.07, 6.45) is -4.75. The zero-order valence-corrected chi connectivity index (χ0v) is 10.8. The molecule has 0 aliphatic heterocycles. The number of alkyl halides is 4. The largest absolute Gasteiger partial charge is 0.387 e. The van der Waals surface area contributed by atoms with E-state index in [4.69, 9.17) is 0 Å². The number of aliphatic hydroxyl groups is 1. The van der Waals surface area contributed by atoms with Gasteiger partial charge in [-0.1, -0.05) is 28.1 Å². The highest BCUT2D eigenvalue weighted by molar-refractivity contribution is 9.10. The molecule has 0 aliphatic carbocycles. The van der Waals surface area contributed by atoms with Gasteiger partial charge in [0, 0.05) is 11.0 Å². The van der Waals surface area contributed by atoms with Crippen LogP contribution in [0.3, 0.4) is 0 Å². The first-order chi connectivity index (χ1) is 8.33. The average molecular weight is 330 g/mol. The highest BCUT2D eigenvalue weighted by Gasteiger charge is 2.40. The number of aliphatic hydroxyl groups excluding tert-OH is 1. The van der Waals surface area contributed by atoms with Crippen molar-refractivity contribution in [1.29, 1.82) is 0 Å². The minimum absolute atomic E-state index is 0.223. The van der Waals surface area contributed by atoms with Crippen molar-refractivity contribution >= 4 is 15.9 Å². The lowest BCUT2D eigenvalue weighted by molar-refractivity contribution is -0.125. The second-order valence-electron chi connectivity index (χ2n) is 3.76. The Balaban J connectivity index is 2.45. The molecule has 18 heavy (non-hydrogen) atoms. The first-order valence-corrected chi connectivity index (χ1v) is 5.92. The standard InChI is InChI=1S/C11H12BrF4NO/c12-8-3-1-2-7(4-8)9(18)5-17-6-11(15,16)10(13)14/h1-4,9-10,17-18H,5-6H2. The Morgan fingerprint density at radius 2 is 2.00 bits per heavy atom. The summed E-state index contributed by atoms with van der Waals surface area (Å²) in [5, 5.41) is 11.8. The molecule has 7 heteroatoms. The van der Waals surface area contributed by atoms with Crippen LogP contribution in [0.1, 0.15) is 11.7 Å². The van der Waals surface area contributed by atoms with E-state index in [1.165, 1.54) is 0 Å². The van der Waals surface area contributed by atoms with Gasteiger partial charge < -0.3 is 10.4 Å². The van der Waals surface area contributed by atoms with Gasteiger partial charge in [0.1, 0.15) is 0 Å². The minimum Gasteiger partial charge on any atom is -0.387 e. The maximum atomic E-state index is 12.6. The fourth-order valence-electron chi connectivity index (χ4n) is 1.28. The predicted molar refractivity (Wildman–Crippen MR) is 62.9 cm³/mol. The van der Waals surface area contributed by atoms with Crippen LogP contribution in [0, 0.1) is 0 Å². The SMILES string of the molecule is OC(CNCC(F)(F)C(F)F)c1cccc(Br)c1. The monoisotopic (exact) mass is 329 g/mol. The molecule has 0 heterocycles. The van der Waals surface area contributed by atoms with E-state index < -0.39 is 25.0 Å². The molecule has 0 aliphatic rings. The Morgan fingerprint density at radius 1 is 1.33 bits per heavy atom. The van der Waals surface area contributed by atoms with Gasteiger partial charge in [-0.15, -0.1) is 0 Å². The molecular formula is C11H12BrF4NO. The highest BCUT2D eigenvalue weighted by Crippen LogP contribution is 2.22. The van der Waals surface area contributed by atoms with Gasteiger partial charge in [0.25, 0.3) is 0 Å². The lowest BCUT2D eigenvalue weighted by Crippen LogP contribution is -2.40. The topological polar surface area (TPSA) is 32.3 Å². The van der Waals surface area contributed by atoms with Crippen molar-refractivity contribution in [3.05, 3.63) is 34.3 Å². The number of benzene rings is 1. The molecule has 0 amide bonds. The molecule has 1 rings (SSSR count). The molecule has 0 radical (unpaired) electrons. The lowest BCUT2D eigenvalue weighted by Gasteiger charge is -2.18. The fourth-order valence-corrected chi connectivity index (χ4v) is 1.70. The van der Waals surface area contributed by atoms with Crippen LogP contribution in [0.15, 0.2) is 28.7 Å². The Bertz CT molecular complexity index is 389. The first kappa shape index (κ1) is 15.4. The Hall–Kier alpha value is -0.660. The van der Waals surface area contributed by atoms with E-state index in [0.29, 0.717) is 5.56 Å². The number of hydrogen-bond donors (Lipinski definition) is 2. The van der Waals surface area contributed by atoms with Crippen molar-refractivity contribution in [2.45, 2.75) is 18.5 Å². The van der Waals surface area contributed by atoms with Crippen molar-refractivity contribution in [2.75, 3.05) is 13.1 Å². The Labute approximate surface area is 110 Å². The van der Waals surface area contributed by atoms with Gasteiger partial charge in [0.2, 0.25) is 0 Å². The van der Waals surface area contributed by atoms with Gasteiger partial charge in [-0.25, -0.2) is 8.78 Å². The summed E-state index contributed by atoms with van der Waals surface area (Å²) in [4.78, 5) is 0. The third-order valence-electron chi connectivity index (χ3n) is 2.25.